The number of hydrogen-bond donors (Lipinski definition) is 1. The molecule has 1 atom stereocenters. The Kier molecular flexibility index (Phi) is 7.94. The molecule has 0 spiro atoms. The topological polar surface area (TPSA) is 86.8 Å². The van der Waals surface area contributed by atoms with E-state index in [1.165, 1.54) is 63.5 Å². The van der Waals surface area contributed by atoms with Crippen LogP contribution in [0, 0.1) is 5.82 Å². The van der Waals surface area contributed by atoms with E-state index in [0.717, 1.165) is 9.21 Å². The maximum Gasteiger partial charge on any atom is 0.243 e. The molecule has 0 aliphatic carbocycles. The Bertz CT molecular complexity index is 1010. The predicted octanol–water partition coefficient (Wildman–Crippen LogP) is 2.26. The molecule has 0 saturated carbocycles. The SMILES string of the molecule is CNC(=O)[C@@H](C)N(Cc1ccccc1F)C(=O)CN(C)S(=O)(=O)c1ccc(Cl)cc1. The number of benzene rings is 2. The minimum Gasteiger partial charge on any atom is -0.357 e. The third-order valence-corrected chi connectivity index (χ3v) is 6.66. The zero-order valence-corrected chi connectivity index (χ0v) is 18.4. The number of carbonyl (C=O) groups excluding carboxylic acids is 2. The number of nitrogens with one attached hydrogen (secondary N) is 1. The summed E-state index contributed by atoms with van der Waals surface area (Å²) in [6.45, 7) is 0.779. The Hall–Kier alpha value is -2.49. The molecule has 1 N–H and O–H groups in total. The van der Waals surface area contributed by atoms with Gasteiger partial charge in [0.25, 0.3) is 0 Å². The Morgan fingerprint density at radius 2 is 1.73 bits per heavy atom. The smallest absolute Gasteiger partial charge is 0.243 e. The summed E-state index contributed by atoms with van der Waals surface area (Å²) in [5.41, 5.74) is 0.213. The van der Waals surface area contributed by atoms with E-state index in [4.69, 9.17) is 11.6 Å². The maximum absolute atomic E-state index is 14.1. The van der Waals surface area contributed by atoms with Crippen LogP contribution in [-0.2, 0) is 26.2 Å². The van der Waals surface area contributed by atoms with E-state index in [-0.39, 0.29) is 17.0 Å². The summed E-state index contributed by atoms with van der Waals surface area (Å²) in [6.07, 6.45) is 0. The number of hydrogen-bond acceptors (Lipinski definition) is 4. The number of amides is 2. The fourth-order valence-electron chi connectivity index (χ4n) is 2.75. The highest BCUT2D eigenvalue weighted by molar-refractivity contribution is 7.89. The third-order valence-electron chi connectivity index (χ3n) is 4.59. The number of rotatable bonds is 8. The first-order valence-corrected chi connectivity index (χ1v) is 10.9. The van der Waals surface area contributed by atoms with E-state index in [2.05, 4.69) is 5.32 Å². The van der Waals surface area contributed by atoms with Gasteiger partial charge >= 0.3 is 0 Å². The molecule has 0 heterocycles. The van der Waals surface area contributed by atoms with Crippen molar-refractivity contribution in [1.82, 2.24) is 14.5 Å². The van der Waals surface area contributed by atoms with E-state index in [1.54, 1.807) is 6.07 Å². The van der Waals surface area contributed by atoms with Gasteiger partial charge in [-0.2, -0.15) is 4.31 Å². The molecule has 0 bridgehead atoms. The molecular weight excluding hydrogens is 433 g/mol. The van der Waals surface area contributed by atoms with Gasteiger partial charge in [-0.15, -0.1) is 0 Å². The number of halogens is 2. The molecule has 2 aromatic carbocycles. The lowest BCUT2D eigenvalue weighted by Crippen LogP contribution is -2.50. The zero-order valence-electron chi connectivity index (χ0n) is 16.8. The number of sulfonamides is 1. The number of likely N-dealkylation sites (N-methyl/N-ethyl adjacent to an activating group) is 2. The summed E-state index contributed by atoms with van der Waals surface area (Å²) >= 11 is 5.80. The van der Waals surface area contributed by atoms with Crippen LogP contribution in [0.1, 0.15) is 12.5 Å². The van der Waals surface area contributed by atoms with Crippen molar-refractivity contribution in [3.05, 3.63) is 64.9 Å². The van der Waals surface area contributed by atoms with Crippen molar-refractivity contribution < 1.29 is 22.4 Å². The fraction of sp³-hybridized carbons (Fsp3) is 0.300. The molecule has 0 fully saturated rings. The summed E-state index contributed by atoms with van der Waals surface area (Å²) in [5.74, 6) is -1.63. The van der Waals surface area contributed by atoms with Crippen LogP contribution in [-0.4, -0.2) is 56.1 Å². The van der Waals surface area contributed by atoms with Gasteiger partial charge in [0.05, 0.1) is 11.4 Å². The van der Waals surface area contributed by atoms with Crippen LogP contribution in [0.5, 0.6) is 0 Å². The quantitative estimate of drug-likeness (QED) is 0.661. The van der Waals surface area contributed by atoms with Crippen LogP contribution in [0.15, 0.2) is 53.4 Å². The summed E-state index contributed by atoms with van der Waals surface area (Å²) in [7, 11) is -1.29. The minimum absolute atomic E-state index is 0.0257. The first-order valence-electron chi connectivity index (χ1n) is 9.04. The van der Waals surface area contributed by atoms with Gasteiger partial charge in [-0.25, -0.2) is 12.8 Å². The molecule has 0 unspecified atom stereocenters. The van der Waals surface area contributed by atoms with Gasteiger partial charge in [-0.3, -0.25) is 9.59 Å². The molecule has 2 aromatic rings. The van der Waals surface area contributed by atoms with E-state index < -0.39 is 40.2 Å². The van der Waals surface area contributed by atoms with Crippen molar-refractivity contribution in [3.63, 3.8) is 0 Å². The molecule has 10 heteroatoms. The Morgan fingerprint density at radius 1 is 1.13 bits per heavy atom. The molecule has 7 nitrogen and oxygen atoms in total. The largest absolute Gasteiger partial charge is 0.357 e. The van der Waals surface area contributed by atoms with Gasteiger partial charge in [0.2, 0.25) is 21.8 Å². The number of carbonyl (C=O) groups is 2. The van der Waals surface area contributed by atoms with Crippen molar-refractivity contribution in [2.45, 2.75) is 24.4 Å². The summed E-state index contributed by atoms with van der Waals surface area (Å²) < 4.78 is 40.5. The van der Waals surface area contributed by atoms with Crippen LogP contribution in [0.25, 0.3) is 0 Å². The van der Waals surface area contributed by atoms with Crippen LogP contribution in [0.4, 0.5) is 4.39 Å². The monoisotopic (exact) mass is 455 g/mol. The fourth-order valence-corrected chi connectivity index (χ4v) is 4.00. The molecule has 0 saturated heterocycles. The second kappa shape index (κ2) is 10.0. The molecule has 0 radical (unpaired) electrons. The van der Waals surface area contributed by atoms with Gasteiger partial charge < -0.3 is 10.2 Å². The van der Waals surface area contributed by atoms with Crippen LogP contribution in [0.2, 0.25) is 5.02 Å². The van der Waals surface area contributed by atoms with Gasteiger partial charge in [0.1, 0.15) is 11.9 Å². The number of nitrogens with zero attached hydrogens (tertiary/aromatic N) is 2. The molecule has 0 aliphatic rings. The standard InChI is InChI=1S/C20H23ClFN3O4S/c1-14(20(27)23-2)25(12-15-6-4-5-7-18(15)22)19(26)13-24(3)30(28,29)17-10-8-16(21)9-11-17/h4-11,14H,12-13H2,1-3H3,(H,23,27)/t14-/m1/s1. The summed E-state index contributed by atoms with van der Waals surface area (Å²) in [5, 5.41) is 2.82. The van der Waals surface area contributed by atoms with Gasteiger partial charge in [-0.1, -0.05) is 29.8 Å². The Morgan fingerprint density at radius 3 is 2.30 bits per heavy atom. The normalized spacial score (nSPS) is 12.5. The molecule has 0 aromatic heterocycles. The second-order valence-electron chi connectivity index (χ2n) is 6.62. The van der Waals surface area contributed by atoms with Crippen molar-refractivity contribution in [2.24, 2.45) is 0 Å². The highest BCUT2D eigenvalue weighted by atomic mass is 35.5. The Balaban J connectivity index is 2.27. The molecule has 2 rings (SSSR count). The van der Waals surface area contributed by atoms with Crippen LogP contribution < -0.4 is 5.32 Å². The maximum atomic E-state index is 14.1. The van der Waals surface area contributed by atoms with Crippen LogP contribution in [0.3, 0.4) is 0 Å². The predicted molar refractivity (Wildman–Crippen MR) is 112 cm³/mol. The lowest BCUT2D eigenvalue weighted by molar-refractivity contribution is -0.140. The Labute approximate surface area is 180 Å². The minimum atomic E-state index is -3.96. The van der Waals surface area contributed by atoms with E-state index in [1.807, 2.05) is 0 Å². The van der Waals surface area contributed by atoms with E-state index in [9.17, 15) is 22.4 Å². The average molecular weight is 456 g/mol. The van der Waals surface area contributed by atoms with Crippen molar-refractivity contribution in [1.29, 1.82) is 0 Å². The van der Waals surface area contributed by atoms with E-state index >= 15 is 0 Å². The average Bonchev–Trinajstić information content (AvgIpc) is 2.72. The second-order valence-corrected chi connectivity index (χ2v) is 9.10. The molecule has 0 aliphatic heterocycles. The molecule has 30 heavy (non-hydrogen) atoms. The van der Waals surface area contributed by atoms with Crippen molar-refractivity contribution >= 4 is 33.4 Å². The first kappa shape index (κ1) is 23.8. The van der Waals surface area contributed by atoms with Gasteiger partial charge in [-0.05, 0) is 37.3 Å². The van der Waals surface area contributed by atoms with Crippen molar-refractivity contribution in [3.8, 4) is 0 Å². The van der Waals surface area contributed by atoms with Crippen molar-refractivity contribution in [2.75, 3.05) is 20.6 Å². The molecular formula is C20H23ClFN3O4S. The zero-order chi connectivity index (χ0) is 22.5. The summed E-state index contributed by atoms with van der Waals surface area (Å²) in [6, 6.07) is 10.5. The van der Waals surface area contributed by atoms with Crippen LogP contribution >= 0.6 is 11.6 Å². The lowest BCUT2D eigenvalue weighted by atomic mass is 10.1. The molecule has 2 amide bonds. The highest BCUT2D eigenvalue weighted by Gasteiger charge is 2.30. The van der Waals surface area contributed by atoms with E-state index in [0.29, 0.717) is 5.02 Å². The van der Waals surface area contributed by atoms with Gasteiger partial charge in [0, 0.05) is 31.2 Å². The van der Waals surface area contributed by atoms with Gasteiger partial charge in [0.15, 0.2) is 0 Å². The molecule has 162 valence electrons. The third kappa shape index (κ3) is 5.56. The summed E-state index contributed by atoms with van der Waals surface area (Å²) in [4.78, 5) is 26.2. The lowest BCUT2D eigenvalue weighted by Gasteiger charge is -2.30. The highest BCUT2D eigenvalue weighted by Crippen LogP contribution is 2.19. The first-order chi connectivity index (χ1) is 14.1.